The molecule has 0 atom stereocenters. The van der Waals surface area contributed by atoms with E-state index in [1.807, 2.05) is 30.3 Å². The zero-order valence-corrected chi connectivity index (χ0v) is 19.0. The fraction of sp³-hybridized carbons (Fsp3) is 0.360. The lowest BCUT2D eigenvalue weighted by Gasteiger charge is -2.36. The van der Waals surface area contributed by atoms with Crippen molar-refractivity contribution in [2.45, 2.75) is 26.7 Å². The Morgan fingerprint density at radius 3 is 2.48 bits per heavy atom. The molecule has 1 saturated heterocycles. The Morgan fingerprint density at radius 2 is 1.74 bits per heavy atom. The standard InChI is InChI=1S/C25H29N3O2S/c1-3-4-17-30-22-8-6-5-7-20(22)18-23-24(29)26-25(31-23)28-15-13-27(14-16-28)21-11-9-19(2)10-12-21/h5-12,18H,3-4,13-17H2,1-2H3/b23-18+. The molecular weight excluding hydrogens is 406 g/mol. The predicted octanol–water partition coefficient (Wildman–Crippen LogP) is 4.97. The average molecular weight is 436 g/mol. The minimum atomic E-state index is -0.163. The monoisotopic (exact) mass is 435 g/mol. The van der Waals surface area contributed by atoms with Crippen LogP contribution in [0.15, 0.2) is 58.4 Å². The molecule has 5 nitrogen and oxygen atoms in total. The number of ether oxygens (including phenoxy) is 1. The lowest BCUT2D eigenvalue weighted by atomic mass is 10.2. The van der Waals surface area contributed by atoms with Crippen molar-refractivity contribution in [3.63, 3.8) is 0 Å². The van der Waals surface area contributed by atoms with Gasteiger partial charge in [0.2, 0.25) is 0 Å². The average Bonchev–Trinajstić information content (AvgIpc) is 3.16. The van der Waals surface area contributed by atoms with Crippen LogP contribution in [-0.2, 0) is 4.79 Å². The molecule has 6 heteroatoms. The maximum absolute atomic E-state index is 12.6. The number of nitrogens with zero attached hydrogens (tertiary/aromatic N) is 3. The fourth-order valence-electron chi connectivity index (χ4n) is 3.64. The van der Waals surface area contributed by atoms with Crippen LogP contribution < -0.4 is 9.64 Å². The summed E-state index contributed by atoms with van der Waals surface area (Å²) in [6.45, 7) is 8.49. The third kappa shape index (κ3) is 5.31. The Bertz CT molecular complexity index is 977. The third-order valence-corrected chi connectivity index (χ3v) is 6.56. The van der Waals surface area contributed by atoms with E-state index in [-0.39, 0.29) is 5.91 Å². The van der Waals surface area contributed by atoms with Crippen LogP contribution in [0.3, 0.4) is 0 Å². The highest BCUT2D eigenvalue weighted by Gasteiger charge is 2.28. The van der Waals surface area contributed by atoms with Crippen molar-refractivity contribution in [3.05, 3.63) is 64.6 Å². The Balaban J connectivity index is 1.39. The van der Waals surface area contributed by atoms with Gasteiger partial charge in [-0.2, -0.15) is 4.99 Å². The first-order valence-electron chi connectivity index (χ1n) is 10.9. The van der Waals surface area contributed by atoms with Crippen LogP contribution in [0, 0.1) is 6.92 Å². The smallest absolute Gasteiger partial charge is 0.286 e. The van der Waals surface area contributed by atoms with Gasteiger partial charge in [-0.05, 0) is 49.4 Å². The van der Waals surface area contributed by atoms with Crippen molar-refractivity contribution >= 4 is 34.6 Å². The van der Waals surface area contributed by atoms with Crippen molar-refractivity contribution in [1.82, 2.24) is 4.90 Å². The quantitative estimate of drug-likeness (QED) is 0.474. The van der Waals surface area contributed by atoms with E-state index >= 15 is 0 Å². The molecule has 4 rings (SSSR count). The normalized spacial score (nSPS) is 17.9. The fourth-order valence-corrected chi connectivity index (χ4v) is 4.60. The van der Waals surface area contributed by atoms with Gasteiger partial charge in [0.15, 0.2) is 5.17 Å². The Morgan fingerprint density at radius 1 is 1.03 bits per heavy atom. The highest BCUT2D eigenvalue weighted by Crippen LogP contribution is 2.33. The summed E-state index contributed by atoms with van der Waals surface area (Å²) in [5.74, 6) is 0.654. The maximum atomic E-state index is 12.6. The summed E-state index contributed by atoms with van der Waals surface area (Å²) in [6, 6.07) is 16.5. The molecule has 0 spiro atoms. The first-order chi connectivity index (χ1) is 15.1. The first kappa shape index (κ1) is 21.5. The van der Waals surface area contributed by atoms with Gasteiger partial charge in [0.25, 0.3) is 5.91 Å². The zero-order valence-electron chi connectivity index (χ0n) is 18.2. The van der Waals surface area contributed by atoms with Gasteiger partial charge in [-0.1, -0.05) is 49.2 Å². The lowest BCUT2D eigenvalue weighted by Crippen LogP contribution is -2.47. The van der Waals surface area contributed by atoms with Crippen molar-refractivity contribution in [2.24, 2.45) is 4.99 Å². The largest absolute Gasteiger partial charge is 0.493 e. The molecule has 2 aromatic rings. The Kier molecular flexibility index (Phi) is 6.97. The second-order valence-corrected chi connectivity index (χ2v) is 8.87. The predicted molar refractivity (Wildman–Crippen MR) is 130 cm³/mol. The van der Waals surface area contributed by atoms with Crippen molar-refractivity contribution in [1.29, 1.82) is 0 Å². The molecule has 0 aliphatic carbocycles. The van der Waals surface area contributed by atoms with Crippen molar-refractivity contribution < 1.29 is 9.53 Å². The van der Waals surface area contributed by atoms with E-state index in [0.29, 0.717) is 11.5 Å². The molecule has 162 valence electrons. The van der Waals surface area contributed by atoms with Crippen LogP contribution in [0.25, 0.3) is 6.08 Å². The van der Waals surface area contributed by atoms with Gasteiger partial charge in [0.1, 0.15) is 5.75 Å². The van der Waals surface area contributed by atoms with E-state index in [1.54, 1.807) is 0 Å². The molecule has 2 aromatic carbocycles. The first-order valence-corrected chi connectivity index (χ1v) is 11.8. The molecule has 0 radical (unpaired) electrons. The number of aryl methyl sites for hydroxylation is 1. The van der Waals surface area contributed by atoms with Gasteiger partial charge in [0, 0.05) is 37.4 Å². The minimum absolute atomic E-state index is 0.163. The van der Waals surface area contributed by atoms with Crippen LogP contribution in [0.4, 0.5) is 5.69 Å². The van der Waals surface area contributed by atoms with Gasteiger partial charge in [-0.15, -0.1) is 0 Å². The van der Waals surface area contributed by atoms with Crippen LogP contribution in [0.1, 0.15) is 30.9 Å². The van der Waals surface area contributed by atoms with Crippen molar-refractivity contribution in [2.75, 3.05) is 37.7 Å². The second-order valence-electron chi connectivity index (χ2n) is 7.86. The number of amides is 1. The number of para-hydroxylation sites is 1. The SMILES string of the molecule is CCCCOc1ccccc1/C=C1/SC(N2CCN(c3ccc(C)cc3)CC2)=NC1=O. The highest BCUT2D eigenvalue weighted by molar-refractivity contribution is 8.18. The topological polar surface area (TPSA) is 45.1 Å². The van der Waals surface area contributed by atoms with Crippen molar-refractivity contribution in [3.8, 4) is 5.75 Å². The van der Waals surface area contributed by atoms with Crippen LogP contribution in [-0.4, -0.2) is 48.8 Å². The van der Waals surface area contributed by atoms with Gasteiger partial charge in [-0.25, -0.2) is 0 Å². The number of unbranched alkanes of at least 4 members (excludes halogenated alkanes) is 1. The molecule has 2 aliphatic rings. The van der Waals surface area contributed by atoms with Gasteiger partial charge in [-0.3, -0.25) is 4.79 Å². The second kappa shape index (κ2) is 10.1. The van der Waals surface area contributed by atoms with E-state index < -0.39 is 0 Å². The molecule has 0 N–H and O–H groups in total. The third-order valence-electron chi connectivity index (χ3n) is 5.52. The molecule has 0 unspecified atom stereocenters. The molecule has 1 amide bonds. The van der Waals surface area contributed by atoms with Crippen LogP contribution in [0.5, 0.6) is 5.75 Å². The molecule has 2 heterocycles. The number of carbonyl (C=O) groups excluding carboxylic acids is 1. The molecule has 1 fully saturated rings. The molecular formula is C25H29N3O2S. The van der Waals surface area contributed by atoms with E-state index in [4.69, 9.17) is 4.74 Å². The number of amidine groups is 1. The summed E-state index contributed by atoms with van der Waals surface area (Å²) in [7, 11) is 0. The number of benzene rings is 2. The summed E-state index contributed by atoms with van der Waals surface area (Å²) in [5.41, 5.74) is 3.45. The van der Waals surface area contributed by atoms with E-state index in [0.717, 1.165) is 55.5 Å². The number of hydrogen-bond acceptors (Lipinski definition) is 5. The summed E-state index contributed by atoms with van der Waals surface area (Å²) in [4.78, 5) is 22.2. The number of piperazine rings is 1. The molecule has 31 heavy (non-hydrogen) atoms. The Hall–Kier alpha value is -2.73. The maximum Gasteiger partial charge on any atom is 0.286 e. The molecule has 0 saturated carbocycles. The summed E-state index contributed by atoms with van der Waals surface area (Å²) >= 11 is 1.47. The van der Waals surface area contributed by atoms with Crippen LogP contribution >= 0.6 is 11.8 Å². The van der Waals surface area contributed by atoms with E-state index in [2.05, 4.69) is 52.9 Å². The van der Waals surface area contributed by atoms with E-state index in [1.165, 1.54) is 23.0 Å². The Labute approximate surface area is 188 Å². The van der Waals surface area contributed by atoms with Crippen LogP contribution in [0.2, 0.25) is 0 Å². The van der Waals surface area contributed by atoms with Gasteiger partial charge in [0.05, 0.1) is 11.5 Å². The summed E-state index contributed by atoms with van der Waals surface area (Å²) < 4.78 is 5.91. The summed E-state index contributed by atoms with van der Waals surface area (Å²) in [5, 5.41) is 0.809. The highest BCUT2D eigenvalue weighted by atomic mass is 32.2. The number of thioether (sulfide) groups is 1. The number of rotatable bonds is 6. The zero-order chi connectivity index (χ0) is 21.6. The van der Waals surface area contributed by atoms with Gasteiger partial charge >= 0.3 is 0 Å². The molecule has 0 aromatic heterocycles. The van der Waals surface area contributed by atoms with E-state index in [9.17, 15) is 4.79 Å². The number of carbonyl (C=O) groups is 1. The molecule has 2 aliphatic heterocycles. The van der Waals surface area contributed by atoms with Gasteiger partial charge < -0.3 is 14.5 Å². The number of anilines is 1. The number of hydrogen-bond donors (Lipinski definition) is 0. The number of aliphatic imine (C=N–C) groups is 1. The summed E-state index contributed by atoms with van der Waals surface area (Å²) in [6.07, 6.45) is 4.01. The lowest BCUT2D eigenvalue weighted by molar-refractivity contribution is -0.113. The minimum Gasteiger partial charge on any atom is -0.493 e. The molecule has 0 bridgehead atoms.